The van der Waals surface area contributed by atoms with Gasteiger partial charge in [-0.3, -0.25) is 9.88 Å². The Labute approximate surface area is 308 Å². The van der Waals surface area contributed by atoms with E-state index in [4.69, 9.17) is 24.2 Å². The summed E-state index contributed by atoms with van der Waals surface area (Å²) in [6.07, 6.45) is 11.0. The van der Waals surface area contributed by atoms with Gasteiger partial charge >= 0.3 is 6.01 Å². The summed E-state index contributed by atoms with van der Waals surface area (Å²) < 4.78 is 50.5. The molecule has 5 aliphatic rings. The predicted octanol–water partition coefficient (Wildman–Crippen LogP) is 6.56. The second-order valence-electron chi connectivity index (χ2n) is 16.6. The van der Waals surface area contributed by atoms with Crippen molar-refractivity contribution in [2.75, 3.05) is 57.6 Å². The lowest BCUT2D eigenvalue weighted by Gasteiger charge is -2.58. The average molecular weight is 730 g/mol. The zero-order chi connectivity index (χ0) is 36.5. The molecule has 2 aliphatic carbocycles. The largest absolute Gasteiger partial charge is 0.508 e. The Morgan fingerprint density at radius 3 is 2.62 bits per heavy atom. The van der Waals surface area contributed by atoms with Crippen molar-refractivity contribution >= 4 is 27.5 Å². The first-order valence-corrected chi connectivity index (χ1v) is 19.4. The molecule has 2 unspecified atom stereocenters. The van der Waals surface area contributed by atoms with Crippen LogP contribution in [0.25, 0.3) is 32.9 Å². The van der Waals surface area contributed by atoms with E-state index in [9.17, 15) is 10.2 Å². The van der Waals surface area contributed by atoms with Crippen LogP contribution < -0.4 is 9.64 Å². The number of hydrogen-bond acceptors (Lipinski definition) is 10. The van der Waals surface area contributed by atoms with Crippen molar-refractivity contribution in [2.45, 2.75) is 89.3 Å². The third-order valence-electron chi connectivity index (χ3n) is 13.2. The number of phenolic OH excluding ortho intramolecular Hbond substituents is 1. The van der Waals surface area contributed by atoms with Crippen LogP contribution in [0.4, 0.5) is 14.6 Å². The zero-order valence-electron chi connectivity index (χ0n) is 30.7. The monoisotopic (exact) mass is 729 g/mol. The van der Waals surface area contributed by atoms with Crippen molar-refractivity contribution in [3.8, 4) is 23.0 Å². The molecule has 2 aromatic heterocycles. The van der Waals surface area contributed by atoms with Crippen LogP contribution in [-0.4, -0.2) is 100 Å². The van der Waals surface area contributed by atoms with Crippen molar-refractivity contribution in [1.29, 1.82) is 0 Å². The minimum atomic E-state index is -1.17. The van der Waals surface area contributed by atoms with E-state index in [2.05, 4.69) is 9.88 Å². The summed E-state index contributed by atoms with van der Waals surface area (Å²) in [4.78, 5) is 18.9. The molecule has 10 nitrogen and oxygen atoms in total. The molecule has 2 N–H and O–H groups in total. The van der Waals surface area contributed by atoms with E-state index >= 15 is 8.78 Å². The van der Waals surface area contributed by atoms with E-state index in [0.29, 0.717) is 65.8 Å². The summed E-state index contributed by atoms with van der Waals surface area (Å²) >= 11 is 0. The lowest BCUT2D eigenvalue weighted by atomic mass is 9.61. The van der Waals surface area contributed by atoms with Crippen molar-refractivity contribution in [3.05, 3.63) is 47.7 Å². The number of benzene rings is 2. The third-order valence-corrected chi connectivity index (χ3v) is 13.2. The fourth-order valence-electron chi connectivity index (χ4n) is 10.5. The summed E-state index contributed by atoms with van der Waals surface area (Å²) in [6.45, 7) is 7.91. The Kier molecular flexibility index (Phi) is 8.75. The smallest absolute Gasteiger partial charge is 0.319 e. The minimum absolute atomic E-state index is 0.00846. The topological polar surface area (TPSA) is 113 Å². The van der Waals surface area contributed by atoms with Crippen LogP contribution in [0.3, 0.4) is 0 Å². The number of aryl methyl sites for hydroxylation is 1. The molecule has 0 amide bonds. The number of pyridine rings is 1. The van der Waals surface area contributed by atoms with Crippen LogP contribution >= 0.6 is 0 Å². The molecule has 5 fully saturated rings. The first kappa shape index (κ1) is 35.0. The van der Waals surface area contributed by atoms with Crippen LogP contribution in [-0.2, 0) is 15.9 Å². The fourth-order valence-corrected chi connectivity index (χ4v) is 10.5. The predicted molar refractivity (Wildman–Crippen MR) is 197 cm³/mol. The van der Waals surface area contributed by atoms with Gasteiger partial charge in [0.1, 0.15) is 34.2 Å². The number of rotatable bonds is 7. The number of aliphatic hydroxyl groups is 1. The SMILES string of the molecule is CCc1c(F)ccc2cc(O)cc(-c3ncc4c(N5CCOC[C@@](C)(O)C5)nc(OC[C@]56CCC[C@H]5N(C5CCC57CCOC7)CCC6)nc4c3F)c12. The number of halogens is 2. The molecule has 3 aliphatic heterocycles. The summed E-state index contributed by atoms with van der Waals surface area (Å²) in [7, 11) is 0. The lowest BCUT2D eigenvalue weighted by Crippen LogP contribution is -2.63. The molecule has 282 valence electrons. The van der Waals surface area contributed by atoms with E-state index in [1.54, 1.807) is 19.1 Å². The van der Waals surface area contributed by atoms with Gasteiger partial charge < -0.3 is 29.3 Å². The van der Waals surface area contributed by atoms with Crippen LogP contribution in [0.1, 0.15) is 70.8 Å². The standard InChI is InChI=1S/C41H49F2N5O5/c1-3-27-30(42)8-7-25-18-26(49)19-28(33(25)27)35-34(43)36-29(20-44-35)37(47-15-17-52-22-39(2,50)21-47)46-38(45-36)53-24-40-10-4-6-31(40)48(14-5-11-40)32-9-12-41(32)13-16-51-23-41/h7-8,18-20,31-32,49-50H,3-6,9-17,21-24H2,1-2H3/t31-,32?,39+,40-,41?/m1/s1. The van der Waals surface area contributed by atoms with Crippen LogP contribution in [0, 0.1) is 22.5 Å². The van der Waals surface area contributed by atoms with E-state index < -0.39 is 17.2 Å². The molecule has 4 aromatic rings. The van der Waals surface area contributed by atoms with E-state index in [1.165, 1.54) is 31.2 Å². The molecule has 0 bridgehead atoms. The number of anilines is 1. The lowest BCUT2D eigenvalue weighted by molar-refractivity contribution is -0.101. The third kappa shape index (κ3) is 5.91. The number of nitrogens with zero attached hydrogens (tertiary/aromatic N) is 5. The van der Waals surface area contributed by atoms with E-state index in [1.807, 2.05) is 11.8 Å². The zero-order valence-corrected chi connectivity index (χ0v) is 30.7. The molecule has 2 saturated carbocycles. The Bertz CT molecular complexity index is 2060. The van der Waals surface area contributed by atoms with Gasteiger partial charge in [0, 0.05) is 47.8 Å². The van der Waals surface area contributed by atoms with Gasteiger partial charge in [-0.15, -0.1) is 0 Å². The van der Waals surface area contributed by atoms with Gasteiger partial charge in [0.15, 0.2) is 5.82 Å². The van der Waals surface area contributed by atoms with Crippen molar-refractivity contribution in [1.82, 2.24) is 19.9 Å². The molecule has 3 saturated heterocycles. The quantitative estimate of drug-likeness (QED) is 0.217. The second kappa shape index (κ2) is 13.2. The van der Waals surface area contributed by atoms with Gasteiger partial charge in [0.2, 0.25) is 0 Å². The van der Waals surface area contributed by atoms with Gasteiger partial charge in [-0.25, -0.2) is 8.78 Å². The van der Waals surface area contributed by atoms with Crippen molar-refractivity contribution in [2.24, 2.45) is 10.8 Å². The van der Waals surface area contributed by atoms with Gasteiger partial charge in [-0.05, 0) is 99.4 Å². The maximum Gasteiger partial charge on any atom is 0.319 e. The first-order valence-electron chi connectivity index (χ1n) is 19.4. The van der Waals surface area contributed by atoms with Crippen LogP contribution in [0.2, 0.25) is 0 Å². The van der Waals surface area contributed by atoms with Crippen LogP contribution in [0.5, 0.6) is 11.8 Å². The highest BCUT2D eigenvalue weighted by molar-refractivity contribution is 6.01. The summed E-state index contributed by atoms with van der Waals surface area (Å²) in [6, 6.07) is 6.94. The molecule has 5 atom stereocenters. The first-order chi connectivity index (χ1) is 25.6. The molecule has 0 radical (unpaired) electrons. The van der Waals surface area contributed by atoms with Crippen LogP contribution in [0.15, 0.2) is 30.5 Å². The highest BCUT2D eigenvalue weighted by atomic mass is 19.1. The molecular formula is C41H49F2N5O5. The maximum atomic E-state index is 17.2. The van der Waals surface area contributed by atoms with Crippen molar-refractivity contribution in [3.63, 3.8) is 0 Å². The molecule has 53 heavy (non-hydrogen) atoms. The second-order valence-corrected chi connectivity index (χ2v) is 16.6. The molecule has 5 heterocycles. The minimum Gasteiger partial charge on any atom is -0.508 e. The number of ether oxygens (including phenoxy) is 3. The number of phenols is 1. The normalized spacial score (nSPS) is 30.5. The Morgan fingerprint density at radius 1 is 0.981 bits per heavy atom. The number of likely N-dealkylation sites (tertiary alicyclic amines) is 1. The summed E-state index contributed by atoms with van der Waals surface area (Å²) in [5, 5.41) is 23.3. The molecular weight excluding hydrogens is 680 g/mol. The van der Waals surface area contributed by atoms with Gasteiger partial charge in [0.25, 0.3) is 0 Å². The number of β-amino-alcohol motifs (C(OH)–C–C–N with tert-alkyl or cyclic N) is 1. The summed E-state index contributed by atoms with van der Waals surface area (Å²) in [5.74, 6) is -0.805. The van der Waals surface area contributed by atoms with E-state index in [0.717, 1.165) is 58.3 Å². The van der Waals surface area contributed by atoms with Gasteiger partial charge in [0.05, 0.1) is 38.4 Å². The summed E-state index contributed by atoms with van der Waals surface area (Å²) in [5.41, 5.74) is -0.297. The molecule has 9 rings (SSSR count). The Balaban J connectivity index is 1.12. The number of fused-ring (bicyclic) bond motifs is 3. The Morgan fingerprint density at radius 2 is 1.83 bits per heavy atom. The van der Waals surface area contributed by atoms with E-state index in [-0.39, 0.29) is 52.5 Å². The number of hydrogen-bond donors (Lipinski definition) is 2. The number of aromatic hydroxyl groups is 1. The van der Waals surface area contributed by atoms with Gasteiger partial charge in [-0.1, -0.05) is 19.4 Å². The highest BCUT2D eigenvalue weighted by Crippen LogP contribution is 2.56. The number of aromatic nitrogens is 3. The average Bonchev–Trinajstić information content (AvgIpc) is 3.78. The molecule has 12 heteroatoms. The highest BCUT2D eigenvalue weighted by Gasteiger charge is 2.57. The molecule has 2 aromatic carbocycles. The fraction of sp³-hybridized carbons (Fsp3) is 0.585. The molecule has 1 spiro atoms. The Hall–Kier alpha value is -3.71. The van der Waals surface area contributed by atoms with Crippen molar-refractivity contribution < 1.29 is 33.2 Å². The van der Waals surface area contributed by atoms with Gasteiger partial charge in [-0.2, -0.15) is 9.97 Å². The number of piperidine rings is 1. The maximum absolute atomic E-state index is 17.2.